The van der Waals surface area contributed by atoms with Crippen LogP contribution in [0.4, 0.5) is 13.2 Å². The Kier molecular flexibility index (Phi) is 12.4. The van der Waals surface area contributed by atoms with Crippen molar-refractivity contribution in [2.24, 2.45) is 11.8 Å². The van der Waals surface area contributed by atoms with Crippen LogP contribution in [0.5, 0.6) is 5.75 Å². The quantitative estimate of drug-likeness (QED) is 0.0965. The van der Waals surface area contributed by atoms with Crippen molar-refractivity contribution in [3.63, 3.8) is 0 Å². The molecule has 1 heterocycles. The Hall–Kier alpha value is -2.26. The van der Waals surface area contributed by atoms with Crippen molar-refractivity contribution < 1.29 is 36.7 Å². The number of unbranched alkanes of at least 4 members (excludes halogenated alkanes) is 2. The van der Waals surface area contributed by atoms with Gasteiger partial charge in [0.15, 0.2) is 0 Å². The van der Waals surface area contributed by atoms with Crippen molar-refractivity contribution in [3.8, 4) is 5.75 Å². The van der Waals surface area contributed by atoms with E-state index in [0.717, 1.165) is 57.0 Å². The van der Waals surface area contributed by atoms with E-state index in [9.17, 15) is 18.0 Å². The zero-order valence-electron chi connectivity index (χ0n) is 23.3. The van der Waals surface area contributed by atoms with Gasteiger partial charge in [0.25, 0.3) is 0 Å². The largest absolute Gasteiger partial charge is 0.493 e. The predicted molar refractivity (Wildman–Crippen MR) is 146 cm³/mol. The Morgan fingerprint density at radius 1 is 1.13 bits per heavy atom. The lowest BCUT2D eigenvalue weighted by atomic mass is 9.80. The summed E-state index contributed by atoms with van der Waals surface area (Å²) in [6.07, 6.45) is 11.6. The van der Waals surface area contributed by atoms with Crippen molar-refractivity contribution >= 4 is 13.1 Å². The molecule has 0 spiro atoms. The molecule has 3 unspecified atom stereocenters. The second-order valence-electron chi connectivity index (χ2n) is 10.6. The van der Waals surface area contributed by atoms with E-state index in [1.807, 2.05) is 19.9 Å². The minimum absolute atomic E-state index is 0.0877. The Labute approximate surface area is 231 Å². The molecule has 1 saturated carbocycles. The Morgan fingerprint density at radius 2 is 1.92 bits per heavy atom. The van der Waals surface area contributed by atoms with Gasteiger partial charge >= 0.3 is 19.3 Å². The van der Waals surface area contributed by atoms with Crippen LogP contribution in [0.2, 0.25) is 6.32 Å². The number of halogens is 3. The van der Waals surface area contributed by atoms with Gasteiger partial charge in [0.2, 0.25) is 0 Å². The average molecular weight is 550 g/mol. The van der Waals surface area contributed by atoms with Gasteiger partial charge in [-0.3, -0.25) is 4.79 Å². The number of carbonyl (C=O) groups excluding carboxylic acids is 1. The summed E-state index contributed by atoms with van der Waals surface area (Å²) in [6.45, 7) is 6.14. The summed E-state index contributed by atoms with van der Waals surface area (Å²) in [5, 5.41) is 0. The minimum Gasteiger partial charge on any atom is -0.493 e. The van der Waals surface area contributed by atoms with Crippen LogP contribution in [0.1, 0.15) is 77.7 Å². The number of hydrogen-bond donors (Lipinski definition) is 0. The van der Waals surface area contributed by atoms with E-state index in [0.29, 0.717) is 19.4 Å². The molecule has 216 valence electrons. The molecule has 0 aromatic heterocycles. The zero-order chi connectivity index (χ0) is 28.3. The molecule has 1 aliphatic heterocycles. The highest BCUT2D eigenvalue weighted by Gasteiger charge is 2.49. The molecular formula is C30H42BF3O5. The maximum Gasteiger partial charge on any atom is 0.457 e. The number of ether oxygens (including phenoxy) is 2. The first kappa shape index (κ1) is 31.3. The van der Waals surface area contributed by atoms with Crippen LogP contribution in [-0.4, -0.2) is 38.0 Å². The van der Waals surface area contributed by atoms with Crippen molar-refractivity contribution in [1.29, 1.82) is 0 Å². The van der Waals surface area contributed by atoms with E-state index in [1.165, 1.54) is 12.1 Å². The second-order valence-corrected chi connectivity index (χ2v) is 10.6. The lowest BCUT2D eigenvalue weighted by molar-refractivity contribution is -0.147. The summed E-state index contributed by atoms with van der Waals surface area (Å²) in [6, 6.07) is 4.96. The van der Waals surface area contributed by atoms with E-state index in [-0.39, 0.29) is 49.0 Å². The third-order valence-corrected chi connectivity index (χ3v) is 7.08. The van der Waals surface area contributed by atoms with E-state index in [1.54, 1.807) is 0 Å². The maximum atomic E-state index is 12.9. The highest BCUT2D eigenvalue weighted by Crippen LogP contribution is 2.44. The topological polar surface area (TPSA) is 54.0 Å². The molecule has 3 rings (SSSR count). The first-order chi connectivity index (χ1) is 18.7. The summed E-state index contributed by atoms with van der Waals surface area (Å²) < 4.78 is 62.2. The van der Waals surface area contributed by atoms with Gasteiger partial charge in [-0.05, 0) is 76.4 Å². The minimum atomic E-state index is -4.39. The molecule has 2 fully saturated rings. The van der Waals surface area contributed by atoms with Crippen LogP contribution in [0.15, 0.2) is 48.6 Å². The monoisotopic (exact) mass is 550 g/mol. The van der Waals surface area contributed by atoms with Gasteiger partial charge in [0, 0.05) is 18.4 Å². The lowest BCUT2D eigenvalue weighted by Gasteiger charge is -2.27. The summed E-state index contributed by atoms with van der Waals surface area (Å²) in [5.74, 6) is 0.532. The van der Waals surface area contributed by atoms with E-state index < -0.39 is 11.7 Å². The van der Waals surface area contributed by atoms with Crippen molar-refractivity contribution in [2.45, 2.75) is 103 Å². The fraction of sp³-hybridized carbons (Fsp3) is 0.633. The molecular weight excluding hydrogens is 508 g/mol. The van der Waals surface area contributed by atoms with Crippen LogP contribution in [0, 0.1) is 11.8 Å². The predicted octanol–water partition coefficient (Wildman–Crippen LogP) is 7.81. The standard InChI is InChI=1S/C30H42BF3O5/c1-4-5-18-31-38-27-21-28(39-31)26(25(27)15-8-6-7-9-17-29(35)37-22(2)3)16-10-11-19-36-24-14-12-13-23(20-24)30(32,33)34/h6,8,10,12-14,16,20,22,25-28H,4-5,7,9,11,15,17-19,21H2,1-3H3/b8-6-,16-10+/t25-,26?,27?,28?/m1/s1. The van der Waals surface area contributed by atoms with Crippen molar-refractivity contribution in [1.82, 2.24) is 0 Å². The SMILES string of the molecule is CCCCB1OC2CC(O1)[C@H](C/C=C\CCCC(=O)OC(C)C)C2/C=C/CCOc1cccc(C(F)(F)F)c1. The molecule has 0 radical (unpaired) electrons. The van der Waals surface area contributed by atoms with Gasteiger partial charge in [0.05, 0.1) is 24.4 Å². The van der Waals surface area contributed by atoms with E-state index in [2.05, 4.69) is 25.2 Å². The van der Waals surface area contributed by atoms with E-state index in [4.69, 9.17) is 18.8 Å². The van der Waals surface area contributed by atoms with Gasteiger partial charge in [-0.1, -0.05) is 50.1 Å². The summed E-state index contributed by atoms with van der Waals surface area (Å²) >= 11 is 0. The molecule has 1 saturated heterocycles. The van der Waals surface area contributed by atoms with Crippen molar-refractivity contribution in [3.05, 3.63) is 54.1 Å². The molecule has 4 atom stereocenters. The second kappa shape index (κ2) is 15.5. The molecule has 39 heavy (non-hydrogen) atoms. The number of esters is 1. The maximum absolute atomic E-state index is 12.9. The van der Waals surface area contributed by atoms with Crippen LogP contribution in [0.3, 0.4) is 0 Å². The summed E-state index contributed by atoms with van der Waals surface area (Å²) in [4.78, 5) is 11.7. The third kappa shape index (κ3) is 10.3. The normalized spacial score (nSPS) is 23.3. The Balaban J connectivity index is 1.52. The van der Waals surface area contributed by atoms with Gasteiger partial charge in [-0.2, -0.15) is 13.2 Å². The zero-order valence-corrected chi connectivity index (χ0v) is 23.3. The highest BCUT2D eigenvalue weighted by atomic mass is 19.4. The van der Waals surface area contributed by atoms with Crippen LogP contribution >= 0.6 is 0 Å². The molecule has 0 amide bonds. The van der Waals surface area contributed by atoms with Crippen molar-refractivity contribution in [2.75, 3.05) is 6.61 Å². The number of benzene rings is 1. The van der Waals surface area contributed by atoms with Gasteiger partial charge in [0.1, 0.15) is 5.75 Å². The fourth-order valence-electron chi connectivity index (χ4n) is 5.21. The van der Waals surface area contributed by atoms with Gasteiger partial charge < -0.3 is 18.8 Å². The fourth-order valence-corrected chi connectivity index (χ4v) is 5.21. The average Bonchev–Trinajstić information content (AvgIpc) is 3.12. The van der Waals surface area contributed by atoms with Gasteiger partial charge in [-0.15, -0.1) is 0 Å². The summed E-state index contributed by atoms with van der Waals surface area (Å²) in [5.41, 5.74) is -0.713. The molecule has 0 N–H and O–H groups in total. The number of hydrogen-bond acceptors (Lipinski definition) is 5. The molecule has 1 aromatic rings. The smallest absolute Gasteiger partial charge is 0.457 e. The molecule has 2 bridgehead atoms. The van der Waals surface area contributed by atoms with Crippen LogP contribution in [-0.2, 0) is 25.0 Å². The van der Waals surface area contributed by atoms with E-state index >= 15 is 0 Å². The first-order valence-electron chi connectivity index (χ1n) is 14.3. The Morgan fingerprint density at radius 3 is 2.67 bits per heavy atom. The first-order valence-corrected chi connectivity index (χ1v) is 14.3. The lowest BCUT2D eigenvalue weighted by Crippen LogP contribution is -2.37. The summed E-state index contributed by atoms with van der Waals surface area (Å²) in [7, 11) is -0.171. The number of allylic oxidation sites excluding steroid dienone is 2. The van der Waals surface area contributed by atoms with Crippen LogP contribution < -0.4 is 4.74 Å². The number of fused-ring (bicyclic) bond motifs is 2. The number of alkyl halides is 3. The third-order valence-electron chi connectivity index (χ3n) is 7.08. The van der Waals surface area contributed by atoms with Gasteiger partial charge in [-0.25, -0.2) is 0 Å². The Bertz CT molecular complexity index is 949. The molecule has 9 heteroatoms. The molecule has 2 aliphatic rings. The number of rotatable bonds is 15. The number of carbonyl (C=O) groups is 1. The molecule has 1 aromatic carbocycles. The molecule has 5 nitrogen and oxygen atoms in total. The van der Waals surface area contributed by atoms with Crippen LogP contribution in [0.25, 0.3) is 0 Å². The highest BCUT2D eigenvalue weighted by molar-refractivity contribution is 6.44. The molecule has 1 aliphatic carbocycles.